The second-order valence-corrected chi connectivity index (χ2v) is 3.30. The van der Waals surface area contributed by atoms with Gasteiger partial charge in [0.25, 0.3) is 5.91 Å². The first-order valence-corrected chi connectivity index (χ1v) is 4.74. The second kappa shape index (κ2) is 4.37. The van der Waals surface area contributed by atoms with Crippen LogP contribution in [0.4, 0.5) is 5.82 Å². The molecule has 0 aliphatic carbocycles. The SMILES string of the molecule is O=C1COCC(CO)N1c1ccccn1. The molecule has 1 aromatic rings. The van der Waals surface area contributed by atoms with Crippen LogP contribution in [0.1, 0.15) is 0 Å². The number of nitrogens with zero attached hydrogens (tertiary/aromatic N) is 2. The first-order valence-electron chi connectivity index (χ1n) is 4.74. The number of amides is 1. The van der Waals surface area contributed by atoms with E-state index >= 15 is 0 Å². The van der Waals surface area contributed by atoms with Gasteiger partial charge in [0, 0.05) is 6.20 Å². The summed E-state index contributed by atoms with van der Waals surface area (Å²) in [5.74, 6) is 0.392. The van der Waals surface area contributed by atoms with Crippen LogP contribution in [-0.4, -0.2) is 41.9 Å². The van der Waals surface area contributed by atoms with Gasteiger partial charge in [0.15, 0.2) is 0 Å². The highest BCUT2D eigenvalue weighted by Gasteiger charge is 2.30. The second-order valence-electron chi connectivity index (χ2n) is 3.30. The quantitative estimate of drug-likeness (QED) is 0.731. The summed E-state index contributed by atoms with van der Waals surface area (Å²) >= 11 is 0. The third-order valence-electron chi connectivity index (χ3n) is 2.28. The fourth-order valence-electron chi connectivity index (χ4n) is 1.58. The Bertz CT molecular complexity index is 342. The molecule has 0 radical (unpaired) electrons. The third-order valence-corrected chi connectivity index (χ3v) is 2.28. The van der Waals surface area contributed by atoms with Crippen LogP contribution < -0.4 is 4.90 Å². The minimum Gasteiger partial charge on any atom is -0.394 e. The predicted molar refractivity (Wildman–Crippen MR) is 53.4 cm³/mol. The summed E-state index contributed by atoms with van der Waals surface area (Å²) in [6.07, 6.45) is 1.62. The highest BCUT2D eigenvalue weighted by atomic mass is 16.5. The molecule has 1 aromatic heterocycles. The molecule has 1 amide bonds. The molecule has 1 aliphatic rings. The summed E-state index contributed by atoms with van der Waals surface area (Å²) in [6.45, 7) is 0.272. The van der Waals surface area contributed by atoms with Crippen molar-refractivity contribution in [3.8, 4) is 0 Å². The van der Waals surface area contributed by atoms with Crippen molar-refractivity contribution in [3.63, 3.8) is 0 Å². The molecule has 5 nitrogen and oxygen atoms in total. The van der Waals surface area contributed by atoms with Crippen molar-refractivity contribution in [2.75, 3.05) is 24.7 Å². The molecular weight excluding hydrogens is 196 g/mol. The van der Waals surface area contributed by atoms with Gasteiger partial charge in [-0.05, 0) is 12.1 Å². The molecule has 1 N–H and O–H groups in total. The number of aliphatic hydroxyl groups is 1. The Balaban J connectivity index is 2.27. The van der Waals surface area contributed by atoms with Gasteiger partial charge in [-0.15, -0.1) is 0 Å². The van der Waals surface area contributed by atoms with Crippen molar-refractivity contribution in [3.05, 3.63) is 24.4 Å². The number of aliphatic hydroxyl groups excluding tert-OH is 1. The largest absolute Gasteiger partial charge is 0.394 e. The van der Waals surface area contributed by atoms with E-state index < -0.39 is 0 Å². The van der Waals surface area contributed by atoms with Crippen LogP contribution in [0.25, 0.3) is 0 Å². The van der Waals surface area contributed by atoms with E-state index in [1.165, 1.54) is 4.90 Å². The Morgan fingerprint density at radius 3 is 3.13 bits per heavy atom. The molecule has 0 saturated carbocycles. The summed E-state index contributed by atoms with van der Waals surface area (Å²) in [6, 6.07) is 4.99. The van der Waals surface area contributed by atoms with Gasteiger partial charge in [-0.2, -0.15) is 0 Å². The molecule has 1 unspecified atom stereocenters. The highest BCUT2D eigenvalue weighted by molar-refractivity contribution is 5.94. The molecule has 1 fully saturated rings. The first kappa shape index (κ1) is 10.1. The van der Waals surface area contributed by atoms with E-state index in [-0.39, 0.29) is 25.2 Å². The van der Waals surface area contributed by atoms with Crippen molar-refractivity contribution in [2.45, 2.75) is 6.04 Å². The summed E-state index contributed by atoms with van der Waals surface area (Å²) in [7, 11) is 0. The summed E-state index contributed by atoms with van der Waals surface area (Å²) < 4.78 is 5.06. The zero-order valence-corrected chi connectivity index (χ0v) is 8.17. The number of ether oxygens (including phenoxy) is 1. The van der Waals surface area contributed by atoms with E-state index in [4.69, 9.17) is 9.84 Å². The van der Waals surface area contributed by atoms with Crippen LogP contribution in [0.2, 0.25) is 0 Å². The van der Waals surface area contributed by atoms with Crippen molar-refractivity contribution >= 4 is 11.7 Å². The van der Waals surface area contributed by atoms with Crippen LogP contribution in [-0.2, 0) is 9.53 Å². The van der Waals surface area contributed by atoms with E-state index in [0.29, 0.717) is 12.4 Å². The monoisotopic (exact) mass is 208 g/mol. The normalized spacial score (nSPS) is 21.8. The standard InChI is InChI=1S/C10H12N2O3/c13-5-8-6-15-7-10(14)12(8)9-3-1-2-4-11-9/h1-4,8,13H,5-7H2. The lowest BCUT2D eigenvalue weighted by molar-refractivity contribution is -0.128. The predicted octanol–water partition coefficient (Wildman–Crippen LogP) is -0.194. The summed E-state index contributed by atoms with van der Waals surface area (Å²) in [5.41, 5.74) is 0. The van der Waals surface area contributed by atoms with Gasteiger partial charge in [0.05, 0.1) is 19.3 Å². The number of carbonyl (C=O) groups excluding carboxylic acids is 1. The Kier molecular flexibility index (Phi) is 2.94. The minimum absolute atomic E-state index is 0.0487. The Labute approximate surface area is 87.3 Å². The number of hydrogen-bond acceptors (Lipinski definition) is 4. The Morgan fingerprint density at radius 1 is 1.60 bits per heavy atom. The topological polar surface area (TPSA) is 62.7 Å². The van der Waals surface area contributed by atoms with Crippen molar-refractivity contribution < 1.29 is 14.6 Å². The Hall–Kier alpha value is -1.46. The van der Waals surface area contributed by atoms with Gasteiger partial charge in [-0.25, -0.2) is 4.98 Å². The number of morpholine rings is 1. The molecule has 1 saturated heterocycles. The maximum Gasteiger partial charge on any atom is 0.254 e. The van der Waals surface area contributed by atoms with Gasteiger partial charge >= 0.3 is 0 Å². The molecule has 0 bridgehead atoms. The lowest BCUT2D eigenvalue weighted by Crippen LogP contribution is -2.51. The molecule has 0 aromatic carbocycles. The molecular formula is C10H12N2O3. The number of pyridine rings is 1. The molecule has 2 heterocycles. The number of hydrogen-bond donors (Lipinski definition) is 1. The molecule has 0 spiro atoms. The third kappa shape index (κ3) is 1.98. The highest BCUT2D eigenvalue weighted by Crippen LogP contribution is 2.16. The van der Waals surface area contributed by atoms with Crippen LogP contribution in [0, 0.1) is 0 Å². The number of rotatable bonds is 2. The van der Waals surface area contributed by atoms with Gasteiger partial charge in [-0.1, -0.05) is 6.07 Å². The van der Waals surface area contributed by atoms with Gasteiger partial charge in [0.1, 0.15) is 12.4 Å². The lowest BCUT2D eigenvalue weighted by Gasteiger charge is -2.33. The zero-order valence-electron chi connectivity index (χ0n) is 8.17. The van der Waals surface area contributed by atoms with Gasteiger partial charge in [0.2, 0.25) is 0 Å². The van der Waals surface area contributed by atoms with E-state index in [9.17, 15) is 4.79 Å². The lowest BCUT2D eigenvalue weighted by atomic mass is 10.2. The van der Waals surface area contributed by atoms with E-state index in [1.807, 2.05) is 0 Å². The maximum absolute atomic E-state index is 11.6. The van der Waals surface area contributed by atoms with E-state index in [2.05, 4.69) is 4.98 Å². The maximum atomic E-state index is 11.6. The van der Waals surface area contributed by atoms with Crippen LogP contribution >= 0.6 is 0 Å². The van der Waals surface area contributed by atoms with Crippen molar-refractivity contribution in [1.82, 2.24) is 4.98 Å². The fraction of sp³-hybridized carbons (Fsp3) is 0.400. The summed E-state index contributed by atoms with van der Waals surface area (Å²) in [4.78, 5) is 17.2. The average molecular weight is 208 g/mol. The zero-order chi connectivity index (χ0) is 10.7. The number of aromatic nitrogens is 1. The Morgan fingerprint density at radius 2 is 2.47 bits per heavy atom. The van der Waals surface area contributed by atoms with Crippen molar-refractivity contribution in [1.29, 1.82) is 0 Å². The molecule has 15 heavy (non-hydrogen) atoms. The minimum atomic E-state index is -0.332. The number of anilines is 1. The van der Waals surface area contributed by atoms with Crippen LogP contribution in [0.5, 0.6) is 0 Å². The van der Waals surface area contributed by atoms with Crippen LogP contribution in [0.15, 0.2) is 24.4 Å². The molecule has 5 heteroatoms. The first-order chi connectivity index (χ1) is 7.33. The fourth-order valence-corrected chi connectivity index (χ4v) is 1.58. The van der Waals surface area contributed by atoms with E-state index in [1.54, 1.807) is 24.4 Å². The van der Waals surface area contributed by atoms with Gasteiger partial charge in [-0.3, -0.25) is 9.69 Å². The summed E-state index contributed by atoms with van der Waals surface area (Å²) in [5, 5.41) is 9.14. The molecule has 1 atom stereocenters. The van der Waals surface area contributed by atoms with E-state index in [0.717, 1.165) is 0 Å². The number of carbonyl (C=O) groups is 1. The van der Waals surface area contributed by atoms with Crippen molar-refractivity contribution in [2.24, 2.45) is 0 Å². The molecule has 1 aliphatic heterocycles. The molecule has 2 rings (SSSR count). The smallest absolute Gasteiger partial charge is 0.254 e. The van der Waals surface area contributed by atoms with Gasteiger partial charge < -0.3 is 9.84 Å². The van der Waals surface area contributed by atoms with Crippen LogP contribution in [0.3, 0.4) is 0 Å². The average Bonchev–Trinajstić information content (AvgIpc) is 2.29. The molecule has 80 valence electrons.